The van der Waals surface area contributed by atoms with E-state index in [0.29, 0.717) is 13.2 Å². The van der Waals surface area contributed by atoms with Crippen LogP contribution in [0.15, 0.2) is 18.2 Å². The van der Waals surface area contributed by atoms with Crippen molar-refractivity contribution in [3.63, 3.8) is 0 Å². The van der Waals surface area contributed by atoms with E-state index in [1.807, 2.05) is 4.90 Å². The number of halogens is 3. The van der Waals surface area contributed by atoms with E-state index in [-0.39, 0.29) is 30.0 Å². The molecule has 38 heavy (non-hydrogen) atoms. The summed E-state index contributed by atoms with van der Waals surface area (Å²) in [6, 6.07) is 4.97. The molecule has 11 heteroatoms. The van der Waals surface area contributed by atoms with E-state index in [4.69, 9.17) is 32.1 Å². The van der Waals surface area contributed by atoms with Gasteiger partial charge in [0.25, 0.3) is 0 Å². The van der Waals surface area contributed by atoms with Crippen molar-refractivity contribution >= 4 is 24.2 Å². The van der Waals surface area contributed by atoms with Gasteiger partial charge in [0, 0.05) is 24.9 Å². The van der Waals surface area contributed by atoms with Gasteiger partial charge in [-0.2, -0.15) is 18.4 Å². The zero-order valence-corrected chi connectivity index (χ0v) is 22.8. The van der Waals surface area contributed by atoms with Crippen LogP contribution in [0.25, 0.3) is 0 Å². The number of nitriles is 1. The first kappa shape index (κ1) is 29.2. The van der Waals surface area contributed by atoms with Gasteiger partial charge < -0.3 is 14.2 Å². The van der Waals surface area contributed by atoms with Crippen LogP contribution in [0.3, 0.4) is 0 Å². The smallest absolute Gasteiger partial charge is 0.378 e. The number of alkyl halides is 3. The summed E-state index contributed by atoms with van der Waals surface area (Å²) in [5.74, 6) is -0.323. The second kappa shape index (κ2) is 12.1. The Hall–Kier alpha value is -1.84. The van der Waals surface area contributed by atoms with Gasteiger partial charge in [0.05, 0.1) is 35.4 Å². The monoisotopic (exact) mass is 555 g/mol. The first-order valence-corrected chi connectivity index (χ1v) is 13.8. The lowest BCUT2D eigenvalue weighted by atomic mass is 9.89. The van der Waals surface area contributed by atoms with Crippen molar-refractivity contribution in [1.82, 2.24) is 4.90 Å². The van der Waals surface area contributed by atoms with E-state index in [0.717, 1.165) is 70.1 Å². The number of rotatable bonds is 8. The van der Waals surface area contributed by atoms with E-state index in [9.17, 15) is 18.0 Å². The maximum absolute atomic E-state index is 13.6. The van der Waals surface area contributed by atoms with Crippen molar-refractivity contribution in [3.05, 3.63) is 29.3 Å². The van der Waals surface area contributed by atoms with Crippen LogP contribution in [0.2, 0.25) is 0 Å². The van der Waals surface area contributed by atoms with E-state index in [1.54, 1.807) is 19.9 Å². The van der Waals surface area contributed by atoms with Gasteiger partial charge in [-0.25, -0.2) is 0 Å². The fourth-order valence-corrected chi connectivity index (χ4v) is 6.40. The standard InChI is InChI=1S/C27H36F3N3O4S/c1-26(2)24(34)32(20-8-7-18(17-31)22(16-20)27(28,29)30)25(38)33(26)19-9-11-21(12-10-19)35-14-5-15-37-23-6-3-4-13-36-23/h7-8,16,19,21,23,25,38H,3-6,9-15H2,1-2H3. The lowest BCUT2D eigenvalue weighted by molar-refractivity contribution is -0.164. The molecule has 0 N–H and O–H groups in total. The second-order valence-electron chi connectivity index (χ2n) is 10.6. The third-order valence-electron chi connectivity index (χ3n) is 7.70. The molecule has 4 rings (SSSR count). The van der Waals surface area contributed by atoms with E-state index < -0.39 is 28.3 Å². The Morgan fingerprint density at radius 3 is 2.47 bits per heavy atom. The molecule has 1 saturated carbocycles. The van der Waals surface area contributed by atoms with Gasteiger partial charge in [0.2, 0.25) is 5.91 Å². The summed E-state index contributed by atoms with van der Waals surface area (Å²) >= 11 is 4.71. The van der Waals surface area contributed by atoms with Crippen LogP contribution in [0.4, 0.5) is 18.9 Å². The highest BCUT2D eigenvalue weighted by Crippen LogP contribution is 2.43. The number of carbonyl (C=O) groups excluding carboxylic acids is 1. The van der Waals surface area contributed by atoms with Crippen molar-refractivity contribution in [2.45, 2.75) is 101 Å². The van der Waals surface area contributed by atoms with Crippen molar-refractivity contribution in [2.24, 2.45) is 0 Å². The predicted molar refractivity (Wildman–Crippen MR) is 138 cm³/mol. The van der Waals surface area contributed by atoms with E-state index in [1.165, 1.54) is 11.0 Å². The molecule has 3 fully saturated rings. The van der Waals surface area contributed by atoms with E-state index >= 15 is 0 Å². The molecule has 2 unspecified atom stereocenters. The molecule has 1 aromatic carbocycles. The van der Waals surface area contributed by atoms with Gasteiger partial charge in [-0.15, -0.1) is 12.6 Å². The number of thiol groups is 1. The molecule has 2 aliphatic heterocycles. The Morgan fingerprint density at radius 2 is 1.84 bits per heavy atom. The highest BCUT2D eigenvalue weighted by Gasteiger charge is 2.54. The van der Waals surface area contributed by atoms with Crippen molar-refractivity contribution < 1.29 is 32.2 Å². The molecule has 1 aliphatic carbocycles. The summed E-state index contributed by atoms with van der Waals surface area (Å²) in [5, 5.41) is 9.12. The zero-order chi connectivity index (χ0) is 27.5. The Bertz CT molecular complexity index is 1020. The number of ether oxygens (including phenoxy) is 3. The second-order valence-corrected chi connectivity index (χ2v) is 11.1. The number of hydrogen-bond donors (Lipinski definition) is 1. The normalized spacial score (nSPS) is 28.4. The third-order valence-corrected chi connectivity index (χ3v) is 8.18. The maximum atomic E-state index is 13.6. The molecule has 0 aromatic heterocycles. The molecule has 0 bridgehead atoms. The summed E-state index contributed by atoms with van der Waals surface area (Å²) in [4.78, 5) is 16.7. The van der Waals surface area contributed by atoms with Gasteiger partial charge in [-0.3, -0.25) is 14.6 Å². The number of carbonyl (C=O) groups is 1. The molecule has 2 saturated heterocycles. The van der Waals surface area contributed by atoms with Crippen LogP contribution in [0.1, 0.15) is 76.3 Å². The number of anilines is 1. The van der Waals surface area contributed by atoms with Gasteiger partial charge >= 0.3 is 6.18 Å². The quantitative estimate of drug-likeness (QED) is 0.338. The molecular formula is C27H36F3N3O4S. The van der Waals surface area contributed by atoms with Crippen LogP contribution >= 0.6 is 12.6 Å². The highest BCUT2D eigenvalue weighted by molar-refractivity contribution is 7.81. The zero-order valence-electron chi connectivity index (χ0n) is 21.9. The Morgan fingerprint density at radius 1 is 1.13 bits per heavy atom. The predicted octanol–water partition coefficient (Wildman–Crippen LogP) is 5.48. The van der Waals surface area contributed by atoms with Crippen molar-refractivity contribution in [1.29, 1.82) is 5.26 Å². The largest absolute Gasteiger partial charge is 0.417 e. The van der Waals surface area contributed by atoms with Gasteiger partial charge in [-0.1, -0.05) is 0 Å². The van der Waals surface area contributed by atoms with Gasteiger partial charge in [-0.05, 0) is 83.4 Å². The summed E-state index contributed by atoms with van der Waals surface area (Å²) in [7, 11) is 0. The number of hydrogen-bond acceptors (Lipinski definition) is 7. The van der Waals surface area contributed by atoms with Crippen molar-refractivity contribution in [2.75, 3.05) is 24.7 Å². The highest BCUT2D eigenvalue weighted by atomic mass is 32.1. The fraction of sp³-hybridized carbons (Fsp3) is 0.704. The molecule has 1 aromatic rings. The average molecular weight is 556 g/mol. The summed E-state index contributed by atoms with van der Waals surface area (Å²) in [6.07, 6.45) is 2.53. The molecular weight excluding hydrogens is 519 g/mol. The number of amides is 1. The minimum Gasteiger partial charge on any atom is -0.378 e. The molecule has 7 nitrogen and oxygen atoms in total. The Kier molecular flexibility index (Phi) is 9.30. The topological polar surface area (TPSA) is 75.0 Å². The number of nitrogens with zero attached hydrogens (tertiary/aromatic N) is 3. The summed E-state index contributed by atoms with van der Waals surface area (Å²) in [6.45, 7) is 5.54. The lowest BCUT2D eigenvalue weighted by Crippen LogP contribution is -2.52. The van der Waals surface area contributed by atoms with Crippen molar-refractivity contribution in [3.8, 4) is 6.07 Å². The molecule has 0 radical (unpaired) electrons. The fourth-order valence-electron chi connectivity index (χ4n) is 5.69. The van der Waals surface area contributed by atoms with E-state index in [2.05, 4.69) is 0 Å². The Balaban J connectivity index is 1.33. The van der Waals surface area contributed by atoms with Gasteiger partial charge in [0.1, 0.15) is 5.50 Å². The van der Waals surface area contributed by atoms with Crippen LogP contribution in [0.5, 0.6) is 0 Å². The number of benzene rings is 1. The molecule has 1 amide bonds. The maximum Gasteiger partial charge on any atom is 0.417 e. The molecule has 0 spiro atoms. The summed E-state index contributed by atoms with van der Waals surface area (Å²) < 4.78 is 58.1. The minimum atomic E-state index is -4.71. The first-order valence-electron chi connectivity index (χ1n) is 13.3. The lowest BCUT2D eigenvalue weighted by Gasteiger charge is -2.41. The molecule has 2 atom stereocenters. The van der Waals surface area contributed by atoms with Crippen LogP contribution in [-0.2, 0) is 25.2 Å². The Labute approximate surface area is 227 Å². The van der Waals surface area contributed by atoms with Crippen LogP contribution < -0.4 is 4.90 Å². The average Bonchev–Trinajstić information content (AvgIpc) is 3.07. The first-order chi connectivity index (χ1) is 18.0. The third kappa shape index (κ3) is 6.31. The SMILES string of the molecule is CC1(C)C(=O)N(c2ccc(C#N)c(C(F)(F)F)c2)C(S)N1C1CCC(OCCCOC2CCCCO2)CC1. The molecule has 3 aliphatic rings. The summed E-state index contributed by atoms with van der Waals surface area (Å²) in [5.41, 5.74) is -3.14. The van der Waals surface area contributed by atoms with Gasteiger partial charge in [0.15, 0.2) is 6.29 Å². The van der Waals surface area contributed by atoms with Crippen LogP contribution in [-0.4, -0.2) is 60.1 Å². The van der Waals surface area contributed by atoms with Crippen LogP contribution in [0, 0.1) is 11.3 Å². The molecule has 210 valence electrons. The minimum absolute atomic E-state index is 0.0357. The molecule has 2 heterocycles.